The van der Waals surface area contributed by atoms with Crippen LogP contribution in [0.3, 0.4) is 0 Å². The molecule has 1 atom stereocenters. The van der Waals surface area contributed by atoms with Crippen LogP contribution in [-0.4, -0.2) is 19.3 Å². The van der Waals surface area contributed by atoms with Gasteiger partial charge in [-0.2, -0.15) is 13.2 Å². The van der Waals surface area contributed by atoms with Crippen molar-refractivity contribution >= 4 is 21.4 Å². The molecule has 0 spiro atoms. The average molecular weight is 274 g/mol. The Morgan fingerprint density at radius 3 is 2.67 bits per heavy atom. The number of rotatable bonds is 4. The van der Waals surface area contributed by atoms with Gasteiger partial charge in [-0.3, -0.25) is 0 Å². The Morgan fingerprint density at radius 2 is 2.00 bits per heavy atom. The second-order valence-electron chi connectivity index (χ2n) is 3.97. The van der Waals surface area contributed by atoms with Crippen molar-refractivity contribution in [2.24, 2.45) is 5.73 Å². The Labute approximate surface area is 107 Å². The molecule has 2 nitrogen and oxygen atoms in total. The average Bonchev–Trinajstić information content (AvgIpc) is 2.73. The molecule has 3 N–H and O–H groups in total. The third kappa shape index (κ3) is 3.01. The molecular weight excluding hydrogens is 261 g/mol. The van der Waals surface area contributed by atoms with E-state index in [4.69, 9.17) is 5.73 Å². The monoisotopic (exact) mass is 274 g/mol. The van der Waals surface area contributed by atoms with E-state index >= 15 is 0 Å². The molecule has 1 heterocycles. The van der Waals surface area contributed by atoms with Gasteiger partial charge >= 0.3 is 6.18 Å². The van der Waals surface area contributed by atoms with Gasteiger partial charge in [0.2, 0.25) is 0 Å². The molecule has 0 aliphatic carbocycles. The van der Waals surface area contributed by atoms with E-state index in [1.807, 2.05) is 29.6 Å². The number of alkyl halides is 3. The largest absolute Gasteiger partial charge is 0.401 e. The van der Waals surface area contributed by atoms with Crippen LogP contribution in [0.15, 0.2) is 29.6 Å². The van der Waals surface area contributed by atoms with Gasteiger partial charge in [-0.1, -0.05) is 18.2 Å². The Morgan fingerprint density at radius 1 is 1.28 bits per heavy atom. The Hall–Kier alpha value is -1.11. The highest BCUT2D eigenvalue weighted by atomic mass is 32.1. The summed E-state index contributed by atoms with van der Waals surface area (Å²) in [6.07, 6.45) is -4.22. The lowest BCUT2D eigenvalue weighted by Crippen LogP contribution is -2.35. The number of thiophene rings is 1. The van der Waals surface area contributed by atoms with Crippen molar-refractivity contribution in [2.45, 2.75) is 12.2 Å². The molecule has 0 amide bonds. The first-order valence-electron chi connectivity index (χ1n) is 5.47. The molecule has 98 valence electrons. The number of fused-ring (bicyclic) bond motifs is 1. The zero-order valence-corrected chi connectivity index (χ0v) is 10.3. The summed E-state index contributed by atoms with van der Waals surface area (Å²) in [5.74, 6) is 0. The van der Waals surface area contributed by atoms with E-state index in [1.54, 1.807) is 0 Å². The summed E-state index contributed by atoms with van der Waals surface area (Å²) in [6, 6.07) is 7.15. The van der Waals surface area contributed by atoms with Crippen LogP contribution >= 0.6 is 11.3 Å². The van der Waals surface area contributed by atoms with Crippen LogP contribution < -0.4 is 11.1 Å². The Kier molecular flexibility index (Phi) is 3.89. The van der Waals surface area contributed by atoms with Gasteiger partial charge in [0.1, 0.15) is 0 Å². The van der Waals surface area contributed by atoms with E-state index in [0.717, 1.165) is 15.6 Å². The molecule has 18 heavy (non-hydrogen) atoms. The number of nitrogens with one attached hydrogen (secondary N) is 1. The summed E-state index contributed by atoms with van der Waals surface area (Å²) < 4.78 is 37.7. The van der Waals surface area contributed by atoms with Gasteiger partial charge in [0.15, 0.2) is 0 Å². The number of hydrogen-bond acceptors (Lipinski definition) is 3. The molecule has 0 radical (unpaired) electrons. The Balaban J connectivity index is 2.22. The minimum atomic E-state index is -4.22. The van der Waals surface area contributed by atoms with E-state index in [9.17, 15) is 13.2 Å². The Bertz CT molecular complexity index is 521. The summed E-state index contributed by atoms with van der Waals surface area (Å²) in [7, 11) is 0. The molecule has 0 saturated carbocycles. The molecule has 2 aromatic rings. The van der Waals surface area contributed by atoms with E-state index in [1.165, 1.54) is 11.3 Å². The fourth-order valence-electron chi connectivity index (χ4n) is 1.83. The van der Waals surface area contributed by atoms with Crippen LogP contribution in [0.4, 0.5) is 13.2 Å². The van der Waals surface area contributed by atoms with Gasteiger partial charge in [0, 0.05) is 17.3 Å². The lowest BCUT2D eigenvalue weighted by molar-refractivity contribution is -0.126. The van der Waals surface area contributed by atoms with Crippen LogP contribution in [0.5, 0.6) is 0 Å². The molecule has 1 unspecified atom stereocenters. The zero-order valence-electron chi connectivity index (χ0n) is 9.50. The van der Waals surface area contributed by atoms with Crippen LogP contribution in [0.2, 0.25) is 0 Å². The zero-order chi connectivity index (χ0) is 13.2. The van der Waals surface area contributed by atoms with Crippen molar-refractivity contribution in [3.8, 4) is 0 Å². The summed E-state index contributed by atoms with van der Waals surface area (Å²) >= 11 is 1.51. The van der Waals surface area contributed by atoms with Crippen LogP contribution in [0.1, 0.15) is 11.6 Å². The third-order valence-electron chi connectivity index (χ3n) is 2.67. The fourth-order valence-corrected chi connectivity index (χ4v) is 2.84. The number of hydrogen-bond donors (Lipinski definition) is 2. The van der Waals surface area contributed by atoms with Gasteiger partial charge in [-0.15, -0.1) is 11.3 Å². The predicted molar refractivity (Wildman–Crippen MR) is 67.7 cm³/mol. The molecule has 1 aromatic carbocycles. The summed E-state index contributed by atoms with van der Waals surface area (Å²) in [5, 5.41) is 5.29. The van der Waals surface area contributed by atoms with Crippen molar-refractivity contribution in [3.63, 3.8) is 0 Å². The van der Waals surface area contributed by atoms with Crippen molar-refractivity contribution < 1.29 is 13.2 Å². The molecule has 6 heteroatoms. The highest BCUT2D eigenvalue weighted by Gasteiger charge is 2.28. The third-order valence-corrected chi connectivity index (χ3v) is 3.65. The van der Waals surface area contributed by atoms with Gasteiger partial charge < -0.3 is 11.1 Å². The molecule has 0 bridgehead atoms. The molecule has 0 aliphatic rings. The first kappa shape index (κ1) is 13.3. The topological polar surface area (TPSA) is 38.0 Å². The van der Waals surface area contributed by atoms with Crippen LogP contribution in [0.25, 0.3) is 10.1 Å². The molecule has 1 aromatic heterocycles. The van der Waals surface area contributed by atoms with Gasteiger partial charge in [0.05, 0.1) is 6.54 Å². The standard InChI is InChI=1S/C12H13F3N2S/c13-12(14,15)7-17-10(5-16)9-6-18-11-4-2-1-3-8(9)11/h1-4,6,10,17H,5,7,16H2. The number of nitrogens with two attached hydrogens (primary N) is 1. The molecular formula is C12H13F3N2S. The summed E-state index contributed by atoms with van der Waals surface area (Å²) in [4.78, 5) is 0. The van der Waals surface area contributed by atoms with Crippen molar-refractivity contribution in [1.29, 1.82) is 0 Å². The smallest absolute Gasteiger partial charge is 0.329 e. The van der Waals surface area contributed by atoms with E-state index in [-0.39, 0.29) is 6.54 Å². The molecule has 0 saturated heterocycles. The summed E-state index contributed by atoms with van der Waals surface area (Å²) in [6.45, 7) is -0.893. The number of halogens is 3. The maximum absolute atomic E-state index is 12.2. The highest BCUT2D eigenvalue weighted by molar-refractivity contribution is 7.17. The highest BCUT2D eigenvalue weighted by Crippen LogP contribution is 2.30. The van der Waals surface area contributed by atoms with Crippen LogP contribution in [0, 0.1) is 0 Å². The van der Waals surface area contributed by atoms with Crippen molar-refractivity contribution in [3.05, 3.63) is 35.2 Å². The maximum Gasteiger partial charge on any atom is 0.401 e. The normalized spacial score (nSPS) is 14.0. The summed E-state index contributed by atoms with van der Waals surface area (Å²) in [5.41, 5.74) is 6.39. The SMILES string of the molecule is NCC(NCC(F)(F)F)c1csc2ccccc12. The maximum atomic E-state index is 12.2. The second-order valence-corrected chi connectivity index (χ2v) is 4.88. The lowest BCUT2D eigenvalue weighted by Gasteiger charge is -2.17. The molecule has 2 rings (SSSR count). The minimum absolute atomic E-state index is 0.136. The molecule has 0 aliphatic heterocycles. The van der Waals surface area contributed by atoms with Crippen molar-refractivity contribution in [1.82, 2.24) is 5.32 Å². The molecule has 0 fully saturated rings. The fraction of sp³-hybridized carbons (Fsp3) is 0.333. The van der Waals surface area contributed by atoms with E-state index < -0.39 is 18.8 Å². The van der Waals surface area contributed by atoms with E-state index in [2.05, 4.69) is 5.32 Å². The van der Waals surface area contributed by atoms with Crippen molar-refractivity contribution in [2.75, 3.05) is 13.1 Å². The lowest BCUT2D eigenvalue weighted by atomic mass is 10.1. The minimum Gasteiger partial charge on any atom is -0.329 e. The van der Waals surface area contributed by atoms with Gasteiger partial charge in [-0.05, 0) is 22.4 Å². The second kappa shape index (κ2) is 5.26. The van der Waals surface area contributed by atoms with Gasteiger partial charge in [-0.25, -0.2) is 0 Å². The van der Waals surface area contributed by atoms with E-state index in [0.29, 0.717) is 0 Å². The first-order chi connectivity index (χ1) is 8.51. The number of benzene rings is 1. The predicted octanol–water partition coefficient (Wildman–Crippen LogP) is 3.05. The van der Waals surface area contributed by atoms with Crippen LogP contribution in [-0.2, 0) is 0 Å². The quantitative estimate of drug-likeness (QED) is 0.899. The van der Waals surface area contributed by atoms with Gasteiger partial charge in [0.25, 0.3) is 0 Å². The first-order valence-corrected chi connectivity index (χ1v) is 6.35.